The van der Waals surface area contributed by atoms with E-state index in [9.17, 15) is 19.2 Å². The molecule has 1 aromatic carbocycles. The molecule has 46 heavy (non-hydrogen) atoms. The number of pyridine rings is 2. The first-order valence-corrected chi connectivity index (χ1v) is 16.0. The lowest BCUT2D eigenvalue weighted by Gasteiger charge is -2.35. The van der Waals surface area contributed by atoms with Crippen molar-refractivity contribution in [1.82, 2.24) is 24.4 Å². The molecule has 1 amide bonds. The number of piperidine rings is 1. The number of amides is 1. The maximum Gasteiger partial charge on any atom is 0.254 e. The van der Waals surface area contributed by atoms with Gasteiger partial charge in [0.05, 0.1) is 35.6 Å². The minimum Gasteiger partial charge on any atom is -0.491 e. The molecule has 4 fully saturated rings. The SMILES string of the molecule is Cc1c(F)cccc1C(=O)N1CC2CC1CN2c1ccc(-c2cc(OCCN3C4CCC3CC(=O)C4)cn3ncc(C#N)c23)cn1. The van der Waals surface area contributed by atoms with Gasteiger partial charge >= 0.3 is 0 Å². The molecular formula is C35H34FN7O3. The molecule has 10 nitrogen and oxygen atoms in total. The molecule has 0 N–H and O–H groups in total. The minimum atomic E-state index is -0.365. The van der Waals surface area contributed by atoms with Crippen molar-refractivity contribution in [3.8, 4) is 22.9 Å². The van der Waals surface area contributed by atoms with E-state index in [0.717, 1.165) is 42.8 Å². The number of ether oxygens (including phenoxy) is 1. The third-order valence-electron chi connectivity index (χ3n) is 10.4. The number of likely N-dealkylation sites (tertiary alicyclic amines) is 1. The van der Waals surface area contributed by atoms with Gasteiger partial charge < -0.3 is 14.5 Å². The van der Waals surface area contributed by atoms with Gasteiger partial charge in [0.25, 0.3) is 5.91 Å². The maximum absolute atomic E-state index is 14.1. The van der Waals surface area contributed by atoms with Crippen LogP contribution in [0.15, 0.2) is 55.0 Å². The summed E-state index contributed by atoms with van der Waals surface area (Å²) in [5.41, 5.74) is 3.61. The van der Waals surface area contributed by atoms with Crippen molar-refractivity contribution in [3.05, 3.63) is 77.5 Å². The summed E-state index contributed by atoms with van der Waals surface area (Å²) in [6.45, 7) is 4.14. The average Bonchev–Trinajstić information content (AvgIpc) is 3.84. The number of aromatic nitrogens is 3. The number of Topliss-reactive ketones (excluding diaryl/α,β-unsaturated/α-hetero) is 1. The zero-order chi connectivity index (χ0) is 31.5. The third-order valence-corrected chi connectivity index (χ3v) is 10.4. The molecule has 7 heterocycles. The number of piperazine rings is 1. The Balaban J connectivity index is 0.987. The van der Waals surface area contributed by atoms with Gasteiger partial charge in [0.2, 0.25) is 0 Å². The molecule has 11 heteroatoms. The molecule has 4 aliphatic rings. The average molecular weight is 620 g/mol. The zero-order valence-electron chi connectivity index (χ0n) is 25.6. The Labute approximate surface area is 266 Å². The third kappa shape index (κ3) is 4.79. The number of halogens is 1. The van der Waals surface area contributed by atoms with Gasteiger partial charge in [0, 0.05) is 67.4 Å². The number of nitriles is 1. The molecule has 0 radical (unpaired) electrons. The molecule has 0 spiro atoms. The summed E-state index contributed by atoms with van der Waals surface area (Å²) < 4.78 is 22.0. The lowest BCUT2D eigenvalue weighted by atomic mass is 10.0. The van der Waals surface area contributed by atoms with E-state index in [0.29, 0.717) is 78.4 Å². The highest BCUT2D eigenvalue weighted by atomic mass is 19.1. The Morgan fingerprint density at radius 3 is 2.63 bits per heavy atom. The van der Waals surface area contributed by atoms with Crippen LogP contribution in [0.5, 0.6) is 5.75 Å². The highest BCUT2D eigenvalue weighted by molar-refractivity contribution is 5.96. The zero-order valence-corrected chi connectivity index (χ0v) is 25.6. The molecule has 3 aromatic heterocycles. The number of nitrogens with zero attached hydrogens (tertiary/aromatic N) is 7. The molecule has 4 atom stereocenters. The van der Waals surface area contributed by atoms with Crippen LogP contribution in [0.2, 0.25) is 0 Å². The molecule has 4 unspecified atom stereocenters. The molecule has 4 aromatic rings. The Morgan fingerprint density at radius 1 is 1.09 bits per heavy atom. The second-order valence-corrected chi connectivity index (χ2v) is 12.9. The van der Waals surface area contributed by atoms with Gasteiger partial charge in [-0.05, 0) is 62.1 Å². The summed E-state index contributed by atoms with van der Waals surface area (Å²) in [5, 5.41) is 14.2. The number of carbonyl (C=O) groups excluding carboxylic acids is 2. The van der Waals surface area contributed by atoms with Crippen molar-refractivity contribution in [2.45, 2.75) is 63.2 Å². The predicted octanol–water partition coefficient (Wildman–Crippen LogP) is 4.39. The standard InChI is InChI=1S/C35H34FN7O3/c1-21-30(3-2-4-32(21)36)35(45)42-19-26-11-27(42)18-41(26)33-8-5-22(16-38-33)31-14-29(20-43-34(31)23(15-37)17-39-43)46-10-9-40-24-6-7-25(40)13-28(44)12-24/h2-5,8,14,16-17,20,24-27H,6-7,9-13,18-19H2,1H3. The van der Waals surface area contributed by atoms with Crippen molar-refractivity contribution in [2.75, 3.05) is 31.1 Å². The fraction of sp³-hybridized carbons (Fsp3) is 0.400. The second-order valence-electron chi connectivity index (χ2n) is 12.9. The molecule has 4 saturated heterocycles. The van der Waals surface area contributed by atoms with E-state index in [2.05, 4.69) is 21.0 Å². The van der Waals surface area contributed by atoms with Gasteiger partial charge in [0.1, 0.15) is 35.8 Å². The minimum absolute atomic E-state index is 0.0423. The molecular weight excluding hydrogens is 585 g/mol. The monoisotopic (exact) mass is 619 g/mol. The van der Waals surface area contributed by atoms with Crippen LogP contribution in [0.1, 0.15) is 53.6 Å². The van der Waals surface area contributed by atoms with Crippen molar-refractivity contribution in [3.63, 3.8) is 0 Å². The summed E-state index contributed by atoms with van der Waals surface area (Å²) in [6, 6.07) is 13.7. The van der Waals surface area contributed by atoms with Gasteiger partial charge in [-0.1, -0.05) is 6.07 Å². The Morgan fingerprint density at radius 2 is 1.91 bits per heavy atom. The summed E-state index contributed by atoms with van der Waals surface area (Å²) in [7, 11) is 0. The number of ketones is 1. The van der Waals surface area contributed by atoms with Gasteiger partial charge in [-0.3, -0.25) is 14.5 Å². The number of fused-ring (bicyclic) bond motifs is 5. The predicted molar refractivity (Wildman–Crippen MR) is 168 cm³/mol. The van der Waals surface area contributed by atoms with E-state index in [1.165, 1.54) is 6.07 Å². The molecule has 4 aliphatic heterocycles. The lowest BCUT2D eigenvalue weighted by molar-refractivity contribution is -0.123. The fourth-order valence-electron chi connectivity index (χ4n) is 8.08. The highest BCUT2D eigenvalue weighted by Crippen LogP contribution is 2.37. The van der Waals surface area contributed by atoms with Gasteiger partial charge in [0.15, 0.2) is 0 Å². The molecule has 234 valence electrons. The lowest BCUT2D eigenvalue weighted by Crippen LogP contribution is -2.49. The first kappa shape index (κ1) is 28.6. The van der Waals surface area contributed by atoms with Crippen LogP contribution >= 0.6 is 0 Å². The molecule has 0 aliphatic carbocycles. The number of hydrogen-bond acceptors (Lipinski definition) is 8. The second kappa shape index (κ2) is 11.2. The fourth-order valence-corrected chi connectivity index (χ4v) is 8.08. The Kier molecular flexibility index (Phi) is 6.98. The van der Waals surface area contributed by atoms with Crippen molar-refractivity contribution in [1.29, 1.82) is 5.26 Å². The van der Waals surface area contributed by atoms with Crippen LogP contribution < -0.4 is 9.64 Å². The van der Waals surface area contributed by atoms with Crippen LogP contribution in [0.3, 0.4) is 0 Å². The Bertz CT molecular complexity index is 1880. The van der Waals surface area contributed by atoms with Gasteiger partial charge in [-0.15, -0.1) is 0 Å². The van der Waals surface area contributed by atoms with Crippen LogP contribution in [0.25, 0.3) is 16.6 Å². The largest absolute Gasteiger partial charge is 0.491 e. The summed E-state index contributed by atoms with van der Waals surface area (Å²) in [4.78, 5) is 36.6. The first-order chi connectivity index (χ1) is 22.4. The van der Waals surface area contributed by atoms with Crippen LogP contribution in [-0.4, -0.2) is 86.5 Å². The molecule has 8 rings (SSSR count). The Hall–Kier alpha value is -4.82. The van der Waals surface area contributed by atoms with Gasteiger partial charge in [-0.2, -0.15) is 10.4 Å². The number of carbonyl (C=O) groups is 2. The topological polar surface area (TPSA) is 107 Å². The first-order valence-electron chi connectivity index (χ1n) is 16.0. The van der Waals surface area contributed by atoms with Crippen LogP contribution in [0, 0.1) is 24.1 Å². The normalized spacial score (nSPS) is 23.8. The highest BCUT2D eigenvalue weighted by Gasteiger charge is 2.46. The van der Waals surface area contributed by atoms with Crippen LogP contribution in [0.4, 0.5) is 10.2 Å². The number of benzene rings is 1. The smallest absolute Gasteiger partial charge is 0.254 e. The maximum atomic E-state index is 14.1. The van der Waals surface area contributed by atoms with E-state index in [1.807, 2.05) is 29.3 Å². The van der Waals surface area contributed by atoms with E-state index in [1.54, 1.807) is 36.0 Å². The molecule has 4 bridgehead atoms. The van der Waals surface area contributed by atoms with E-state index in [-0.39, 0.29) is 23.8 Å². The number of anilines is 1. The van der Waals surface area contributed by atoms with Crippen molar-refractivity contribution < 1.29 is 18.7 Å². The quantitative estimate of drug-likeness (QED) is 0.300. The summed E-state index contributed by atoms with van der Waals surface area (Å²) in [6.07, 6.45) is 9.46. The van der Waals surface area contributed by atoms with Gasteiger partial charge in [-0.25, -0.2) is 13.9 Å². The summed E-state index contributed by atoms with van der Waals surface area (Å²) in [5.74, 6) is 1.37. The number of rotatable bonds is 7. The van der Waals surface area contributed by atoms with E-state index in [4.69, 9.17) is 9.72 Å². The van der Waals surface area contributed by atoms with Crippen LogP contribution in [-0.2, 0) is 4.79 Å². The number of hydrogen-bond donors (Lipinski definition) is 0. The van der Waals surface area contributed by atoms with E-state index >= 15 is 0 Å². The molecule has 0 saturated carbocycles. The summed E-state index contributed by atoms with van der Waals surface area (Å²) >= 11 is 0. The van der Waals surface area contributed by atoms with Crippen molar-refractivity contribution in [2.24, 2.45) is 0 Å². The van der Waals surface area contributed by atoms with Crippen molar-refractivity contribution >= 4 is 23.0 Å². The van der Waals surface area contributed by atoms with E-state index < -0.39 is 0 Å².